The molecule has 1 aromatic carbocycles. The van der Waals surface area contributed by atoms with E-state index in [2.05, 4.69) is 28.6 Å². The Labute approximate surface area is 132 Å². The number of nitrogens with zero attached hydrogens (tertiary/aromatic N) is 2. The van der Waals surface area contributed by atoms with Gasteiger partial charge in [-0.05, 0) is 48.6 Å². The van der Waals surface area contributed by atoms with Gasteiger partial charge in [0.2, 0.25) is 0 Å². The molecule has 3 aromatic rings. The lowest BCUT2D eigenvalue weighted by Crippen LogP contribution is -1.85. The summed E-state index contributed by atoms with van der Waals surface area (Å²) in [7, 11) is 0. The van der Waals surface area contributed by atoms with Gasteiger partial charge in [-0.3, -0.25) is 0 Å². The Morgan fingerprint density at radius 1 is 1.00 bits per heavy atom. The number of aromatic nitrogens is 2. The van der Waals surface area contributed by atoms with Gasteiger partial charge in [0.05, 0.1) is 5.69 Å². The molecule has 4 rings (SSSR count). The highest BCUT2D eigenvalue weighted by atomic mass is 35.5. The van der Waals surface area contributed by atoms with Crippen LogP contribution in [-0.4, -0.2) is 9.97 Å². The van der Waals surface area contributed by atoms with Crippen LogP contribution in [-0.2, 0) is 12.8 Å². The summed E-state index contributed by atoms with van der Waals surface area (Å²) in [6, 6.07) is 10.5. The van der Waals surface area contributed by atoms with Crippen LogP contribution in [0, 0.1) is 0 Å². The largest absolute Gasteiger partial charge is 0.245 e. The van der Waals surface area contributed by atoms with Gasteiger partial charge in [-0.2, -0.15) is 0 Å². The minimum Gasteiger partial charge on any atom is -0.245 e. The van der Waals surface area contributed by atoms with Gasteiger partial charge in [-0.15, -0.1) is 11.3 Å². The summed E-state index contributed by atoms with van der Waals surface area (Å²) in [5.74, 6) is 0. The van der Waals surface area contributed by atoms with Crippen LogP contribution in [0.25, 0.3) is 21.8 Å². The van der Waals surface area contributed by atoms with E-state index in [1.54, 1.807) is 17.5 Å². The van der Waals surface area contributed by atoms with Crippen molar-refractivity contribution in [2.45, 2.75) is 19.3 Å². The summed E-state index contributed by atoms with van der Waals surface area (Å²) in [6.07, 6.45) is 5.40. The second-order valence-electron chi connectivity index (χ2n) is 5.24. The van der Waals surface area contributed by atoms with Crippen LogP contribution in [0.2, 0.25) is 5.15 Å². The summed E-state index contributed by atoms with van der Waals surface area (Å²) < 4.78 is 0. The smallest absolute Gasteiger partial charge is 0.129 e. The normalized spacial score (nSPS) is 13.4. The highest BCUT2D eigenvalue weighted by Gasteiger charge is 2.13. The molecule has 0 N–H and O–H groups in total. The Kier molecular flexibility index (Phi) is 3.24. The monoisotopic (exact) mass is 312 g/mol. The van der Waals surface area contributed by atoms with Gasteiger partial charge in [0.15, 0.2) is 0 Å². The lowest BCUT2D eigenvalue weighted by Gasteiger charge is -2.02. The molecule has 1 aliphatic carbocycles. The van der Waals surface area contributed by atoms with Crippen molar-refractivity contribution < 1.29 is 0 Å². The van der Waals surface area contributed by atoms with Crippen molar-refractivity contribution in [3.63, 3.8) is 0 Å². The second-order valence-corrected chi connectivity index (χ2v) is 6.49. The van der Waals surface area contributed by atoms with Crippen LogP contribution >= 0.6 is 22.9 Å². The molecule has 0 aliphatic heterocycles. The van der Waals surface area contributed by atoms with E-state index in [0.717, 1.165) is 16.3 Å². The molecule has 104 valence electrons. The van der Waals surface area contributed by atoms with Gasteiger partial charge in [0, 0.05) is 22.7 Å². The molecule has 2 nitrogen and oxygen atoms in total. The van der Waals surface area contributed by atoms with Crippen LogP contribution in [0.4, 0.5) is 0 Å². The third kappa shape index (κ3) is 2.47. The zero-order valence-electron chi connectivity index (χ0n) is 11.3. The lowest BCUT2D eigenvalue weighted by molar-refractivity contribution is 0.912. The fourth-order valence-corrected chi connectivity index (χ4v) is 3.81. The van der Waals surface area contributed by atoms with Crippen LogP contribution in [0.1, 0.15) is 17.5 Å². The fraction of sp³-hybridized carbons (Fsp3) is 0.176. The van der Waals surface area contributed by atoms with Crippen molar-refractivity contribution in [3.05, 3.63) is 58.2 Å². The predicted octanol–water partition coefficient (Wildman–Crippen LogP) is 5.01. The number of halogens is 1. The molecule has 0 saturated carbocycles. The van der Waals surface area contributed by atoms with Gasteiger partial charge in [-0.25, -0.2) is 9.97 Å². The van der Waals surface area contributed by atoms with Gasteiger partial charge >= 0.3 is 0 Å². The van der Waals surface area contributed by atoms with Crippen molar-refractivity contribution >= 4 is 22.9 Å². The van der Waals surface area contributed by atoms with Crippen molar-refractivity contribution in [2.75, 3.05) is 0 Å². The molecule has 0 unspecified atom stereocenters. The van der Waals surface area contributed by atoms with Crippen LogP contribution in [0.5, 0.6) is 0 Å². The molecular weight excluding hydrogens is 300 g/mol. The number of hydrogen-bond acceptors (Lipinski definition) is 3. The van der Waals surface area contributed by atoms with Crippen molar-refractivity contribution in [3.8, 4) is 21.8 Å². The Hall–Kier alpha value is -1.71. The number of rotatable bonds is 2. The molecule has 2 aromatic heterocycles. The van der Waals surface area contributed by atoms with Gasteiger partial charge in [-0.1, -0.05) is 23.7 Å². The summed E-state index contributed by atoms with van der Waals surface area (Å²) in [5.41, 5.74) is 6.24. The molecule has 4 heteroatoms. The highest BCUT2D eigenvalue weighted by molar-refractivity contribution is 7.13. The first-order chi connectivity index (χ1) is 10.3. The molecule has 0 atom stereocenters. The number of aryl methyl sites for hydroxylation is 2. The quantitative estimate of drug-likeness (QED) is 0.621. The number of fused-ring (bicyclic) bond motifs is 1. The first-order valence-corrected chi connectivity index (χ1v) is 8.25. The molecular formula is C17H13ClN2S. The molecule has 2 heterocycles. The van der Waals surface area contributed by atoms with E-state index in [1.807, 2.05) is 12.1 Å². The van der Waals surface area contributed by atoms with E-state index >= 15 is 0 Å². The van der Waals surface area contributed by atoms with Gasteiger partial charge in [0.25, 0.3) is 0 Å². The Bertz CT molecular complexity index is 810. The molecule has 0 saturated heterocycles. The first kappa shape index (κ1) is 13.0. The van der Waals surface area contributed by atoms with Crippen molar-refractivity contribution in [1.29, 1.82) is 0 Å². The summed E-state index contributed by atoms with van der Waals surface area (Å²) in [5, 5.41) is 3.59. The van der Waals surface area contributed by atoms with E-state index < -0.39 is 0 Å². The Balaban J connectivity index is 1.71. The van der Waals surface area contributed by atoms with E-state index in [4.69, 9.17) is 16.6 Å². The topological polar surface area (TPSA) is 25.8 Å². The van der Waals surface area contributed by atoms with E-state index in [9.17, 15) is 0 Å². The minimum absolute atomic E-state index is 0.502. The Morgan fingerprint density at radius 3 is 2.81 bits per heavy atom. The minimum atomic E-state index is 0.502. The Morgan fingerprint density at radius 2 is 1.90 bits per heavy atom. The van der Waals surface area contributed by atoms with Crippen LogP contribution in [0.15, 0.2) is 41.9 Å². The number of benzene rings is 1. The van der Waals surface area contributed by atoms with Gasteiger partial charge in [0.1, 0.15) is 10.2 Å². The molecule has 0 spiro atoms. The number of hydrogen-bond donors (Lipinski definition) is 0. The molecule has 1 aliphatic rings. The lowest BCUT2D eigenvalue weighted by atomic mass is 10.1. The van der Waals surface area contributed by atoms with E-state index in [0.29, 0.717) is 5.15 Å². The van der Waals surface area contributed by atoms with Gasteiger partial charge < -0.3 is 0 Å². The van der Waals surface area contributed by atoms with Crippen LogP contribution in [0.3, 0.4) is 0 Å². The van der Waals surface area contributed by atoms with Crippen molar-refractivity contribution in [1.82, 2.24) is 9.97 Å². The average Bonchev–Trinajstić information content (AvgIpc) is 3.15. The maximum Gasteiger partial charge on any atom is 0.129 e. The summed E-state index contributed by atoms with van der Waals surface area (Å²) >= 11 is 7.59. The zero-order chi connectivity index (χ0) is 14.2. The molecule has 21 heavy (non-hydrogen) atoms. The molecule has 0 fully saturated rings. The first-order valence-electron chi connectivity index (χ1n) is 6.99. The SMILES string of the molecule is Clc1cc(-c2nc(-c3ccc4c(c3)CCC4)cs2)ccn1. The average molecular weight is 313 g/mol. The molecule has 0 radical (unpaired) electrons. The summed E-state index contributed by atoms with van der Waals surface area (Å²) in [6.45, 7) is 0. The van der Waals surface area contributed by atoms with Crippen LogP contribution < -0.4 is 0 Å². The fourth-order valence-electron chi connectivity index (χ4n) is 2.81. The van der Waals surface area contributed by atoms with Crippen molar-refractivity contribution in [2.24, 2.45) is 0 Å². The molecule has 0 amide bonds. The number of pyridine rings is 1. The highest BCUT2D eigenvalue weighted by Crippen LogP contribution is 2.32. The van der Waals surface area contributed by atoms with E-state index in [-0.39, 0.29) is 0 Å². The standard InChI is InChI=1S/C17H13ClN2S/c18-16-9-14(6-7-19-16)17-20-15(10-21-17)13-5-4-11-2-1-3-12(11)8-13/h4-10H,1-3H2. The maximum atomic E-state index is 5.95. The second kappa shape index (κ2) is 5.24. The number of thiazole rings is 1. The maximum absolute atomic E-state index is 5.95. The zero-order valence-corrected chi connectivity index (χ0v) is 12.9. The predicted molar refractivity (Wildman–Crippen MR) is 87.8 cm³/mol. The summed E-state index contributed by atoms with van der Waals surface area (Å²) in [4.78, 5) is 8.76. The molecule has 0 bridgehead atoms. The van der Waals surface area contributed by atoms with E-state index in [1.165, 1.54) is 36.0 Å². The third-order valence-electron chi connectivity index (χ3n) is 3.87. The third-order valence-corrected chi connectivity index (χ3v) is 4.97.